The molecule has 1 aliphatic heterocycles. The average molecular weight is 387 g/mol. The molecule has 1 aromatic rings. The van der Waals surface area contributed by atoms with Crippen molar-refractivity contribution in [3.8, 4) is 0 Å². The van der Waals surface area contributed by atoms with Gasteiger partial charge in [-0.3, -0.25) is 14.5 Å². The van der Waals surface area contributed by atoms with Crippen molar-refractivity contribution in [1.82, 2.24) is 9.80 Å². The molecule has 0 spiro atoms. The van der Waals surface area contributed by atoms with Gasteiger partial charge in [-0.05, 0) is 56.2 Å². The number of β-amino-alcohol motifs (C(OH)–C–C–N with tert-alkyl or cyclic N) is 1. The number of carbonyl (C=O) groups is 2. The molecule has 2 atom stereocenters. The maximum absolute atomic E-state index is 12.7. The second kappa shape index (κ2) is 9.66. The summed E-state index contributed by atoms with van der Waals surface area (Å²) in [6.07, 6.45) is 5.76. The van der Waals surface area contributed by atoms with Crippen LogP contribution in [0.25, 0.3) is 0 Å². The molecule has 0 saturated carbocycles. The summed E-state index contributed by atoms with van der Waals surface area (Å²) in [5.74, 6) is 0.142. The van der Waals surface area contributed by atoms with Gasteiger partial charge in [0.2, 0.25) is 5.91 Å². The maximum atomic E-state index is 12.7. The Morgan fingerprint density at radius 1 is 1.14 bits per heavy atom. The molecule has 1 aromatic carbocycles. The first-order valence-corrected chi connectivity index (χ1v) is 10.8. The third-order valence-electron chi connectivity index (χ3n) is 6.16. The lowest BCUT2D eigenvalue weighted by Crippen LogP contribution is -2.55. The Morgan fingerprint density at radius 2 is 1.89 bits per heavy atom. The number of amides is 1. The van der Waals surface area contributed by atoms with Gasteiger partial charge in [-0.15, -0.1) is 0 Å². The van der Waals surface area contributed by atoms with Crippen LogP contribution in [0.5, 0.6) is 0 Å². The van der Waals surface area contributed by atoms with Gasteiger partial charge < -0.3 is 10.0 Å². The number of fused-ring (bicyclic) bond motifs is 1. The maximum Gasteiger partial charge on any atom is 0.223 e. The van der Waals surface area contributed by atoms with Gasteiger partial charge in [0.05, 0.1) is 6.10 Å². The van der Waals surface area contributed by atoms with E-state index in [1.165, 1.54) is 24.0 Å². The van der Waals surface area contributed by atoms with Crippen LogP contribution in [0.3, 0.4) is 0 Å². The van der Waals surface area contributed by atoms with Crippen molar-refractivity contribution in [2.24, 2.45) is 0 Å². The third kappa shape index (κ3) is 5.21. The van der Waals surface area contributed by atoms with Gasteiger partial charge in [-0.1, -0.05) is 19.1 Å². The molecule has 0 bridgehead atoms. The minimum atomic E-state index is -0.356. The number of Topliss-reactive ketones (excluding diaryl/α,β-unsaturated/α-hetero) is 1. The Kier molecular flexibility index (Phi) is 7.24. The van der Waals surface area contributed by atoms with Crippen molar-refractivity contribution < 1.29 is 14.7 Å². The number of hydrogen-bond acceptors (Lipinski definition) is 4. The van der Waals surface area contributed by atoms with Crippen molar-refractivity contribution in [1.29, 1.82) is 0 Å². The highest BCUT2D eigenvalue weighted by molar-refractivity contribution is 5.98. The zero-order valence-electron chi connectivity index (χ0n) is 17.3. The van der Waals surface area contributed by atoms with E-state index in [-0.39, 0.29) is 36.7 Å². The van der Waals surface area contributed by atoms with Crippen LogP contribution >= 0.6 is 0 Å². The van der Waals surface area contributed by atoms with Gasteiger partial charge in [-0.25, -0.2) is 0 Å². The SMILES string of the molecule is CC[C@@H]1CN(C(=O)CCC(=O)c2ccc3c(c2)CCCC3)CCN1C[C@@H](C)O. The van der Waals surface area contributed by atoms with Gasteiger partial charge in [0.15, 0.2) is 5.78 Å². The molecule has 154 valence electrons. The number of aliphatic hydroxyl groups excluding tert-OH is 1. The molecule has 2 aliphatic rings. The van der Waals surface area contributed by atoms with E-state index in [0.29, 0.717) is 19.6 Å². The number of nitrogens with zero attached hydrogens (tertiary/aromatic N) is 2. The summed E-state index contributed by atoms with van der Waals surface area (Å²) in [4.78, 5) is 29.4. The second-order valence-corrected chi connectivity index (χ2v) is 8.36. The molecule has 3 rings (SSSR count). The standard InChI is InChI=1S/C23H34N2O3/c1-3-21-16-25(13-12-24(21)15-17(2)26)23(28)11-10-22(27)20-9-8-18-6-4-5-7-19(18)14-20/h8-9,14,17,21,26H,3-7,10-13,15-16H2,1-2H3/t17-,21-/m1/s1. The summed E-state index contributed by atoms with van der Waals surface area (Å²) < 4.78 is 0. The Morgan fingerprint density at radius 3 is 2.61 bits per heavy atom. The minimum absolute atomic E-state index is 0.0708. The number of aryl methyl sites for hydroxylation is 2. The highest BCUT2D eigenvalue weighted by Crippen LogP contribution is 2.23. The topological polar surface area (TPSA) is 60.9 Å². The average Bonchev–Trinajstić information content (AvgIpc) is 2.71. The summed E-state index contributed by atoms with van der Waals surface area (Å²) in [5.41, 5.74) is 3.43. The first-order valence-electron chi connectivity index (χ1n) is 10.8. The summed E-state index contributed by atoms with van der Waals surface area (Å²) >= 11 is 0. The third-order valence-corrected chi connectivity index (χ3v) is 6.16. The van der Waals surface area contributed by atoms with Crippen molar-refractivity contribution in [3.05, 3.63) is 34.9 Å². The Bertz CT molecular complexity index is 701. The summed E-state index contributed by atoms with van der Waals surface area (Å²) in [5, 5.41) is 9.66. The van der Waals surface area contributed by atoms with Crippen LogP contribution in [0.15, 0.2) is 18.2 Å². The van der Waals surface area contributed by atoms with Gasteiger partial charge in [0.1, 0.15) is 0 Å². The monoisotopic (exact) mass is 386 g/mol. The molecule has 0 radical (unpaired) electrons. The number of benzene rings is 1. The van der Waals surface area contributed by atoms with Crippen LogP contribution in [0.4, 0.5) is 0 Å². The second-order valence-electron chi connectivity index (χ2n) is 8.36. The van der Waals surface area contributed by atoms with Crippen LogP contribution in [-0.2, 0) is 17.6 Å². The quantitative estimate of drug-likeness (QED) is 0.732. The molecule has 5 heteroatoms. The van der Waals surface area contributed by atoms with Crippen molar-refractivity contribution in [2.75, 3.05) is 26.2 Å². The van der Waals surface area contributed by atoms with E-state index in [1.54, 1.807) is 6.92 Å². The number of ketones is 1. The van der Waals surface area contributed by atoms with E-state index in [0.717, 1.165) is 31.4 Å². The van der Waals surface area contributed by atoms with Crippen molar-refractivity contribution in [2.45, 2.75) is 70.9 Å². The van der Waals surface area contributed by atoms with Gasteiger partial charge in [0, 0.05) is 50.6 Å². The first-order chi connectivity index (χ1) is 13.5. The fraction of sp³-hybridized carbons (Fsp3) is 0.652. The predicted octanol–water partition coefficient (Wildman–Crippen LogP) is 2.83. The number of aliphatic hydroxyl groups is 1. The van der Waals surface area contributed by atoms with Gasteiger partial charge in [0.25, 0.3) is 0 Å². The molecule has 0 aromatic heterocycles. The number of rotatable bonds is 7. The molecule has 1 saturated heterocycles. The van der Waals surface area contributed by atoms with E-state index in [1.807, 2.05) is 17.0 Å². The van der Waals surface area contributed by atoms with Crippen LogP contribution in [0.2, 0.25) is 0 Å². The molecule has 5 nitrogen and oxygen atoms in total. The summed E-state index contributed by atoms with van der Waals surface area (Å²) in [6.45, 7) is 6.72. The van der Waals surface area contributed by atoms with E-state index < -0.39 is 0 Å². The van der Waals surface area contributed by atoms with Crippen LogP contribution in [-0.4, -0.2) is 64.9 Å². The minimum Gasteiger partial charge on any atom is -0.392 e. The zero-order valence-corrected chi connectivity index (χ0v) is 17.3. The van der Waals surface area contributed by atoms with Crippen LogP contribution in [0.1, 0.15) is 67.4 Å². The summed E-state index contributed by atoms with van der Waals surface area (Å²) in [7, 11) is 0. The Hall–Kier alpha value is -1.72. The lowest BCUT2D eigenvalue weighted by Gasteiger charge is -2.41. The number of piperazine rings is 1. The predicted molar refractivity (Wildman–Crippen MR) is 111 cm³/mol. The fourth-order valence-corrected chi connectivity index (χ4v) is 4.52. The lowest BCUT2D eigenvalue weighted by atomic mass is 9.89. The van der Waals surface area contributed by atoms with Crippen LogP contribution < -0.4 is 0 Å². The molecular weight excluding hydrogens is 352 g/mol. The van der Waals surface area contributed by atoms with Gasteiger partial charge >= 0.3 is 0 Å². The molecule has 0 unspecified atom stereocenters. The first kappa shape index (κ1) is 21.0. The highest BCUT2D eigenvalue weighted by atomic mass is 16.3. The van der Waals surface area contributed by atoms with E-state index in [9.17, 15) is 14.7 Å². The molecular formula is C23H34N2O3. The largest absolute Gasteiger partial charge is 0.392 e. The van der Waals surface area contributed by atoms with Crippen molar-refractivity contribution >= 4 is 11.7 Å². The van der Waals surface area contributed by atoms with Gasteiger partial charge in [-0.2, -0.15) is 0 Å². The lowest BCUT2D eigenvalue weighted by molar-refractivity contribution is -0.134. The Labute approximate surface area is 168 Å². The molecule has 28 heavy (non-hydrogen) atoms. The smallest absolute Gasteiger partial charge is 0.223 e. The zero-order chi connectivity index (χ0) is 20.1. The molecule has 1 heterocycles. The molecule has 1 amide bonds. The normalized spacial score (nSPS) is 21.2. The van der Waals surface area contributed by atoms with E-state index >= 15 is 0 Å². The number of carbonyl (C=O) groups excluding carboxylic acids is 2. The van der Waals surface area contributed by atoms with E-state index in [4.69, 9.17) is 0 Å². The van der Waals surface area contributed by atoms with Crippen molar-refractivity contribution in [3.63, 3.8) is 0 Å². The fourth-order valence-electron chi connectivity index (χ4n) is 4.52. The molecule has 1 aliphatic carbocycles. The van der Waals surface area contributed by atoms with Crippen LogP contribution in [0, 0.1) is 0 Å². The molecule has 1 N–H and O–H groups in total. The summed E-state index contributed by atoms with van der Waals surface area (Å²) in [6, 6.07) is 6.35. The molecule has 1 fully saturated rings. The number of hydrogen-bond donors (Lipinski definition) is 1. The highest BCUT2D eigenvalue weighted by Gasteiger charge is 2.29. The van der Waals surface area contributed by atoms with E-state index in [2.05, 4.69) is 17.9 Å². The Balaban J connectivity index is 1.52.